The third kappa shape index (κ3) is 7.21. The summed E-state index contributed by atoms with van der Waals surface area (Å²) >= 11 is 0. The molecule has 59 heavy (non-hydrogen) atoms. The summed E-state index contributed by atoms with van der Waals surface area (Å²) in [5, 5.41) is 14.6. The summed E-state index contributed by atoms with van der Waals surface area (Å²) in [6, 6.07) is 38.1. The monoisotopic (exact) mass is 809 g/mol. The predicted octanol–water partition coefficient (Wildman–Crippen LogP) is 7.05. The molecule has 5 aromatic carbocycles. The fourth-order valence-corrected chi connectivity index (χ4v) is 13.8. The lowest BCUT2D eigenvalue weighted by Crippen LogP contribution is -2.52. The first-order valence-corrected chi connectivity index (χ1v) is 23.3. The number of benzene rings is 5. The minimum Gasteiger partial charge on any atom is -0.497 e. The van der Waals surface area contributed by atoms with Gasteiger partial charge in [0.1, 0.15) is 11.5 Å². The van der Waals surface area contributed by atoms with E-state index in [9.17, 15) is 14.7 Å². The van der Waals surface area contributed by atoms with Crippen molar-refractivity contribution in [2.45, 2.75) is 69.2 Å². The maximum atomic E-state index is 15.4. The third-order valence-corrected chi connectivity index (χ3v) is 17.3. The number of methoxy groups -OCH3 is 2. The van der Waals surface area contributed by atoms with Gasteiger partial charge in [-0.1, -0.05) is 91.9 Å². The Hall–Kier alpha value is -5.75. The third-order valence-electron chi connectivity index (χ3n) is 12.9. The molecule has 0 unspecified atom stereocenters. The van der Waals surface area contributed by atoms with E-state index in [1.165, 1.54) is 5.19 Å². The van der Waals surface area contributed by atoms with Crippen molar-refractivity contribution in [2.24, 2.45) is 5.92 Å². The van der Waals surface area contributed by atoms with Crippen molar-refractivity contribution < 1.29 is 33.7 Å². The molecule has 3 heterocycles. The fourth-order valence-electron chi connectivity index (χ4n) is 9.78. The second kappa shape index (κ2) is 16.1. The maximum absolute atomic E-state index is 15.4. The van der Waals surface area contributed by atoms with Crippen LogP contribution in [0.3, 0.4) is 0 Å². The summed E-state index contributed by atoms with van der Waals surface area (Å²) in [5.41, 5.74) is 4.18. The number of anilines is 2. The molecule has 5 aromatic rings. The van der Waals surface area contributed by atoms with E-state index in [4.69, 9.17) is 14.2 Å². The van der Waals surface area contributed by atoms with Gasteiger partial charge in [0.2, 0.25) is 5.91 Å². The molecule has 3 aliphatic heterocycles. The molecule has 0 radical (unpaired) electrons. The van der Waals surface area contributed by atoms with Gasteiger partial charge in [-0.3, -0.25) is 14.4 Å². The molecule has 2 N–H and O–H groups in total. The molecule has 1 fully saturated rings. The molecule has 1 spiro atoms. The van der Waals surface area contributed by atoms with Crippen LogP contribution in [0.15, 0.2) is 121 Å². The summed E-state index contributed by atoms with van der Waals surface area (Å²) in [4.78, 5) is 46.5. The van der Waals surface area contributed by atoms with E-state index in [1.54, 1.807) is 36.2 Å². The van der Waals surface area contributed by atoms with E-state index >= 15 is 4.79 Å². The second-order valence-electron chi connectivity index (χ2n) is 16.5. The highest BCUT2D eigenvalue weighted by atomic mass is 28.3. The first-order valence-electron chi connectivity index (χ1n) is 20.2. The van der Waals surface area contributed by atoms with E-state index in [2.05, 4.69) is 43.5 Å². The average molecular weight is 810 g/mol. The number of rotatable bonds is 11. The normalized spacial score (nSPS) is 22.2. The molecule has 0 saturated carbocycles. The minimum absolute atomic E-state index is 0.0603. The molecule has 5 atom stereocenters. The van der Waals surface area contributed by atoms with Gasteiger partial charge in [-0.05, 0) is 83.2 Å². The Morgan fingerprint density at radius 1 is 0.864 bits per heavy atom. The number of hydrogen-bond donors (Lipinski definition) is 2. The van der Waals surface area contributed by atoms with Crippen LogP contribution in [0.2, 0.25) is 18.6 Å². The van der Waals surface area contributed by atoms with Crippen LogP contribution in [0.25, 0.3) is 0 Å². The number of hydrogen-bond acceptors (Lipinski definition) is 7. The molecule has 304 valence electrons. The van der Waals surface area contributed by atoms with Crippen LogP contribution in [-0.2, 0) is 39.4 Å². The van der Waals surface area contributed by atoms with Crippen molar-refractivity contribution in [2.75, 3.05) is 31.0 Å². The van der Waals surface area contributed by atoms with Gasteiger partial charge in [0.05, 0.1) is 59.7 Å². The van der Waals surface area contributed by atoms with Crippen LogP contribution in [0, 0.1) is 5.92 Å². The van der Waals surface area contributed by atoms with Gasteiger partial charge in [-0.15, -0.1) is 0 Å². The zero-order valence-corrected chi connectivity index (χ0v) is 35.2. The van der Waals surface area contributed by atoms with E-state index in [1.807, 2.05) is 91.0 Å². The van der Waals surface area contributed by atoms with Gasteiger partial charge in [0, 0.05) is 29.3 Å². The van der Waals surface area contributed by atoms with Crippen molar-refractivity contribution in [3.05, 3.63) is 149 Å². The Bertz CT molecular complexity index is 2350. The van der Waals surface area contributed by atoms with Crippen LogP contribution in [-0.4, -0.2) is 68.8 Å². The number of carbonyl (C=O) groups excluding carboxylic acids is 3. The fraction of sp³-hybridized carbons (Fsp3) is 0.312. The Morgan fingerprint density at radius 3 is 2.20 bits per heavy atom. The lowest BCUT2D eigenvalue weighted by molar-refractivity contribution is -0.151. The Balaban J connectivity index is 1.15. The molecule has 1 saturated heterocycles. The molecular weight excluding hydrogens is 759 g/mol. The smallest absolute Gasteiger partial charge is 0.264 e. The van der Waals surface area contributed by atoms with Gasteiger partial charge in [0.15, 0.2) is 5.60 Å². The number of aliphatic hydroxyl groups is 1. The number of nitrogens with one attached hydrogen (secondary N) is 1. The zero-order valence-electron chi connectivity index (χ0n) is 34.2. The topological polar surface area (TPSA) is 118 Å². The van der Waals surface area contributed by atoms with E-state index in [0.29, 0.717) is 30.0 Å². The number of amides is 3. The lowest BCUT2D eigenvalue weighted by Gasteiger charge is -2.39. The van der Waals surface area contributed by atoms with Crippen molar-refractivity contribution in [1.29, 1.82) is 0 Å². The predicted molar refractivity (Wildman–Crippen MR) is 231 cm³/mol. The number of nitrogens with zero attached hydrogens (tertiary/aromatic N) is 2. The van der Waals surface area contributed by atoms with Gasteiger partial charge >= 0.3 is 0 Å². The highest BCUT2D eigenvalue weighted by Gasteiger charge is 2.66. The summed E-state index contributed by atoms with van der Waals surface area (Å²) in [6.07, 6.45) is 0.0270. The lowest BCUT2D eigenvalue weighted by atomic mass is 9.82. The molecule has 8 rings (SSSR count). The average Bonchev–Trinajstić information content (AvgIpc) is 3.69. The highest BCUT2D eigenvalue weighted by Crippen LogP contribution is 2.60. The van der Waals surface area contributed by atoms with Crippen LogP contribution in [0.1, 0.15) is 46.0 Å². The zero-order chi connectivity index (χ0) is 41.5. The number of ether oxygens (including phenoxy) is 3. The molecule has 0 aromatic heterocycles. The Kier molecular flexibility index (Phi) is 10.9. The molecule has 0 bridgehead atoms. The van der Waals surface area contributed by atoms with Crippen LogP contribution >= 0.6 is 0 Å². The SMILES string of the molecule is COc1ccc([Si](C)(C)[C@@H]2[C@@H](CC(=O)N3Cc4ccccc4C[C@H]3CO)O[C@]3(C(=O)N(Cc4ccc(NC(=O)c5ccccc5)cc4)c4ccc(OC)cc43)[C@H]2C)cc1. The summed E-state index contributed by atoms with van der Waals surface area (Å²) in [7, 11) is 0.707. The summed E-state index contributed by atoms with van der Waals surface area (Å²) in [5.74, 6) is 0.531. The first kappa shape index (κ1) is 40.0. The largest absolute Gasteiger partial charge is 0.497 e. The molecule has 3 aliphatic rings. The number of aliphatic hydroxyl groups excluding tert-OH is 1. The molecule has 11 heteroatoms. The van der Waals surface area contributed by atoms with Crippen LogP contribution < -0.4 is 24.9 Å². The summed E-state index contributed by atoms with van der Waals surface area (Å²) in [6.45, 7) is 7.22. The van der Waals surface area contributed by atoms with Crippen LogP contribution in [0.5, 0.6) is 11.5 Å². The van der Waals surface area contributed by atoms with E-state index in [0.717, 1.165) is 33.7 Å². The Morgan fingerprint density at radius 2 is 1.53 bits per heavy atom. The van der Waals surface area contributed by atoms with Gasteiger partial charge in [0.25, 0.3) is 11.8 Å². The molecule has 0 aliphatic carbocycles. The van der Waals surface area contributed by atoms with Crippen molar-refractivity contribution in [3.8, 4) is 11.5 Å². The van der Waals surface area contributed by atoms with Gasteiger partial charge in [-0.25, -0.2) is 0 Å². The van der Waals surface area contributed by atoms with Crippen molar-refractivity contribution in [1.82, 2.24) is 4.90 Å². The highest BCUT2D eigenvalue weighted by molar-refractivity contribution is 6.91. The standard InChI is InChI=1S/C48H51N3O7Si/c1-31-45(59(4,5)40-22-19-38(56-2)20-23-40)43(27-44(53)50-29-35-14-10-9-13-34(35)25-37(50)30-52)58-48(31)41-26-39(57-3)21-24-42(41)51(47(48)55)28-32-15-17-36(18-16-32)49-46(54)33-11-7-6-8-12-33/h6-24,26,31,37,43,45,52H,25,27-30H2,1-5H3,(H,49,54)/t31-,37-,43+,45-,48+/m0/s1. The first-order chi connectivity index (χ1) is 28.5. The van der Waals surface area contributed by atoms with E-state index < -0.39 is 19.8 Å². The minimum atomic E-state index is -2.55. The van der Waals surface area contributed by atoms with Crippen molar-refractivity contribution in [3.63, 3.8) is 0 Å². The number of carbonyl (C=O) groups is 3. The molecular formula is C48H51N3O7Si. The second-order valence-corrected chi connectivity index (χ2v) is 21.2. The van der Waals surface area contributed by atoms with Crippen molar-refractivity contribution >= 4 is 42.4 Å². The maximum Gasteiger partial charge on any atom is 0.264 e. The van der Waals surface area contributed by atoms with Crippen LogP contribution in [0.4, 0.5) is 11.4 Å². The molecule has 10 nitrogen and oxygen atoms in total. The van der Waals surface area contributed by atoms with E-state index in [-0.39, 0.29) is 54.8 Å². The van der Waals surface area contributed by atoms with Gasteiger partial charge < -0.3 is 34.4 Å². The van der Waals surface area contributed by atoms with Gasteiger partial charge in [-0.2, -0.15) is 0 Å². The Labute approximate surface area is 346 Å². The summed E-state index contributed by atoms with van der Waals surface area (Å²) < 4.78 is 18.6. The molecule has 3 amide bonds. The quantitative estimate of drug-likeness (QED) is 0.137. The number of fused-ring (bicyclic) bond motifs is 3.